The summed E-state index contributed by atoms with van der Waals surface area (Å²) in [7, 11) is 0. The molecule has 0 radical (unpaired) electrons. The average molecular weight is 477 g/mol. The number of urea groups is 1. The molecule has 172 valence electrons. The molecule has 1 aliphatic heterocycles. The first-order valence-electron chi connectivity index (χ1n) is 11.5. The maximum Gasteiger partial charge on any atom is 0.424 e. The largest absolute Gasteiger partial charge is 0.424 e. The number of rotatable bonds is 5. The maximum absolute atomic E-state index is 13.7. The van der Waals surface area contributed by atoms with Crippen molar-refractivity contribution >= 4 is 35.1 Å². The quantitative estimate of drug-likeness (QED) is 0.619. The van der Waals surface area contributed by atoms with Crippen molar-refractivity contribution in [3.63, 3.8) is 0 Å². The van der Waals surface area contributed by atoms with Crippen LogP contribution in [0.1, 0.15) is 57.4 Å². The lowest BCUT2D eigenvalue weighted by Crippen LogP contribution is -2.67. The predicted octanol–water partition coefficient (Wildman–Crippen LogP) is 4.50. The van der Waals surface area contributed by atoms with Crippen LogP contribution in [0, 0.1) is 5.92 Å². The summed E-state index contributed by atoms with van der Waals surface area (Å²) in [6.07, 6.45) is 7.03. The van der Waals surface area contributed by atoms with Crippen molar-refractivity contribution in [2.24, 2.45) is 11.7 Å². The molecule has 1 unspecified atom stereocenters. The van der Waals surface area contributed by atoms with Gasteiger partial charge in [0.15, 0.2) is 0 Å². The van der Waals surface area contributed by atoms with Crippen molar-refractivity contribution in [2.75, 3.05) is 6.54 Å². The molecule has 1 aromatic heterocycles. The highest BCUT2D eigenvalue weighted by atomic mass is 35.5. The summed E-state index contributed by atoms with van der Waals surface area (Å²) in [5.74, 6) is 0.0398. The van der Waals surface area contributed by atoms with Gasteiger partial charge in [-0.05, 0) is 54.9 Å². The van der Waals surface area contributed by atoms with Gasteiger partial charge in [0.05, 0.1) is 6.54 Å². The lowest BCUT2D eigenvalue weighted by Gasteiger charge is -2.37. The monoisotopic (exact) mass is 476 g/mol. The van der Waals surface area contributed by atoms with Gasteiger partial charge in [0.1, 0.15) is 17.8 Å². The molecule has 2 fully saturated rings. The molecule has 4 rings (SSSR count). The van der Waals surface area contributed by atoms with Gasteiger partial charge in [0.2, 0.25) is 0 Å². The SMILES string of the molecule is C[C@@H]1CCC[N+]1(C(=O)NCc1cc(Cl)ccc1-c1csnn1)C(=O)[C@H](N)C1CCCCC1. The molecule has 1 aromatic carbocycles. The highest BCUT2D eigenvalue weighted by Gasteiger charge is 2.55. The van der Waals surface area contributed by atoms with Crippen LogP contribution >= 0.6 is 23.1 Å². The molecule has 3 atom stereocenters. The molecule has 0 bridgehead atoms. The Bertz CT molecular complexity index is 963. The second-order valence-corrected chi connectivity index (χ2v) is 10.1. The number of quaternary nitrogens is 1. The number of carbonyl (C=O) groups is 2. The molecule has 2 heterocycles. The number of halogens is 1. The van der Waals surface area contributed by atoms with Crippen molar-refractivity contribution in [1.29, 1.82) is 0 Å². The first kappa shape index (κ1) is 23.3. The van der Waals surface area contributed by atoms with Crippen molar-refractivity contribution in [3.8, 4) is 11.3 Å². The second-order valence-electron chi connectivity index (χ2n) is 9.10. The molecular weight excluding hydrogens is 446 g/mol. The topological polar surface area (TPSA) is 98.0 Å². The standard InChI is InChI=1S/C23H30ClN5O2S/c1-15-6-5-11-29(15,22(30)21(25)16-7-3-2-4-8-16)23(31)26-13-17-12-18(24)9-10-19(17)20-14-32-28-27-20/h9-10,12,14-16,21H,2-8,11,13,25H2,1H3/p+1/t15-,21-,29?/m1/s1. The Labute approximate surface area is 198 Å². The summed E-state index contributed by atoms with van der Waals surface area (Å²) < 4.78 is 3.74. The van der Waals surface area contributed by atoms with E-state index in [1.54, 1.807) is 6.07 Å². The minimum atomic E-state index is -0.593. The smallest absolute Gasteiger partial charge is 0.316 e. The van der Waals surface area contributed by atoms with E-state index in [1.165, 1.54) is 18.0 Å². The summed E-state index contributed by atoms with van der Waals surface area (Å²) in [6.45, 7) is 2.75. The van der Waals surface area contributed by atoms with Gasteiger partial charge in [0, 0.05) is 35.4 Å². The number of amides is 3. The Morgan fingerprint density at radius 1 is 1.25 bits per heavy atom. The highest BCUT2D eigenvalue weighted by molar-refractivity contribution is 7.03. The molecule has 3 N–H and O–H groups in total. The fraction of sp³-hybridized carbons (Fsp3) is 0.565. The molecule has 2 aliphatic rings. The number of carbonyl (C=O) groups excluding carboxylic acids is 2. The first-order valence-corrected chi connectivity index (χ1v) is 12.7. The third-order valence-corrected chi connectivity index (χ3v) is 7.96. The normalized spacial score (nSPS) is 24.9. The van der Waals surface area contributed by atoms with E-state index < -0.39 is 6.04 Å². The minimum absolute atomic E-state index is 0.0845. The average Bonchev–Trinajstić information content (AvgIpc) is 3.47. The second kappa shape index (κ2) is 9.95. The Kier molecular flexibility index (Phi) is 7.24. The van der Waals surface area contributed by atoms with Gasteiger partial charge in [-0.25, -0.2) is 9.59 Å². The summed E-state index contributed by atoms with van der Waals surface area (Å²) in [4.78, 5) is 27.3. The highest BCUT2D eigenvalue weighted by Crippen LogP contribution is 2.33. The van der Waals surface area contributed by atoms with Crippen LogP contribution in [0.15, 0.2) is 23.6 Å². The Balaban J connectivity index is 1.55. The number of nitrogens with zero attached hydrogens (tertiary/aromatic N) is 3. The zero-order chi connectivity index (χ0) is 22.7. The van der Waals surface area contributed by atoms with Crippen LogP contribution < -0.4 is 11.1 Å². The van der Waals surface area contributed by atoms with E-state index in [2.05, 4.69) is 14.9 Å². The molecule has 32 heavy (non-hydrogen) atoms. The minimum Gasteiger partial charge on any atom is -0.316 e. The zero-order valence-corrected chi connectivity index (χ0v) is 20.0. The van der Waals surface area contributed by atoms with E-state index in [0.717, 1.165) is 55.3 Å². The number of nitrogens with one attached hydrogen (secondary N) is 1. The number of aromatic nitrogens is 2. The summed E-state index contributed by atoms with van der Waals surface area (Å²) in [5.41, 5.74) is 8.95. The fourth-order valence-electron chi connectivity index (χ4n) is 5.32. The van der Waals surface area contributed by atoms with E-state index in [-0.39, 0.29) is 34.9 Å². The third-order valence-electron chi connectivity index (χ3n) is 7.22. The zero-order valence-electron chi connectivity index (χ0n) is 18.4. The molecular formula is C23H31ClN5O2S+. The summed E-state index contributed by atoms with van der Waals surface area (Å²) in [6, 6.07) is 4.55. The van der Waals surface area contributed by atoms with Gasteiger partial charge in [-0.3, -0.25) is 0 Å². The van der Waals surface area contributed by atoms with E-state index in [9.17, 15) is 9.59 Å². The lowest BCUT2D eigenvalue weighted by molar-refractivity contribution is -0.785. The number of nitrogens with two attached hydrogens (primary N) is 1. The van der Waals surface area contributed by atoms with Gasteiger partial charge in [-0.15, -0.1) is 5.10 Å². The third kappa shape index (κ3) is 4.46. The van der Waals surface area contributed by atoms with Crippen molar-refractivity contribution in [2.45, 2.75) is 70.5 Å². The first-order chi connectivity index (χ1) is 15.4. The maximum atomic E-state index is 13.7. The summed E-state index contributed by atoms with van der Waals surface area (Å²) >= 11 is 7.50. The van der Waals surface area contributed by atoms with Crippen LogP contribution in [0.5, 0.6) is 0 Å². The van der Waals surface area contributed by atoms with Crippen LogP contribution in [0.4, 0.5) is 4.79 Å². The van der Waals surface area contributed by atoms with Gasteiger partial charge in [0.25, 0.3) is 0 Å². The fourth-order valence-corrected chi connectivity index (χ4v) is 5.97. The molecule has 9 heteroatoms. The number of hydrogen-bond acceptors (Lipinski definition) is 6. The van der Waals surface area contributed by atoms with Gasteiger partial charge in [-0.1, -0.05) is 41.4 Å². The lowest BCUT2D eigenvalue weighted by atomic mass is 9.83. The molecule has 1 saturated heterocycles. The molecule has 0 spiro atoms. The van der Waals surface area contributed by atoms with Gasteiger partial charge < -0.3 is 11.1 Å². The van der Waals surface area contributed by atoms with Crippen molar-refractivity contribution < 1.29 is 14.1 Å². The van der Waals surface area contributed by atoms with E-state index >= 15 is 0 Å². The Hall–Kier alpha value is -1.87. The van der Waals surface area contributed by atoms with Gasteiger partial charge in [-0.2, -0.15) is 4.48 Å². The molecule has 1 saturated carbocycles. The van der Waals surface area contributed by atoms with Crippen molar-refractivity contribution in [3.05, 3.63) is 34.2 Å². The number of benzene rings is 1. The van der Waals surface area contributed by atoms with Crippen molar-refractivity contribution in [1.82, 2.24) is 14.9 Å². The Morgan fingerprint density at radius 3 is 2.69 bits per heavy atom. The van der Waals surface area contributed by atoms with Crippen LogP contribution in [-0.2, 0) is 11.3 Å². The number of likely N-dealkylation sites (tertiary alicyclic amines) is 1. The van der Waals surface area contributed by atoms with Crippen LogP contribution in [0.3, 0.4) is 0 Å². The number of hydrogen-bond donors (Lipinski definition) is 2. The molecule has 3 amide bonds. The van der Waals surface area contributed by atoms with Crippen LogP contribution in [-0.4, -0.2) is 44.6 Å². The molecule has 1 aliphatic carbocycles. The van der Waals surface area contributed by atoms with Crippen LogP contribution in [0.2, 0.25) is 5.02 Å². The summed E-state index contributed by atoms with van der Waals surface area (Å²) in [5, 5.41) is 9.62. The molecule has 7 nitrogen and oxygen atoms in total. The van der Waals surface area contributed by atoms with Crippen LogP contribution in [0.25, 0.3) is 11.3 Å². The van der Waals surface area contributed by atoms with E-state index in [0.29, 0.717) is 11.6 Å². The Morgan fingerprint density at radius 2 is 2.03 bits per heavy atom. The molecule has 2 aromatic rings. The predicted molar refractivity (Wildman–Crippen MR) is 126 cm³/mol. The number of imide groups is 1. The van der Waals surface area contributed by atoms with E-state index in [4.69, 9.17) is 17.3 Å². The van der Waals surface area contributed by atoms with Gasteiger partial charge >= 0.3 is 11.9 Å². The van der Waals surface area contributed by atoms with E-state index in [1.807, 2.05) is 24.4 Å².